The van der Waals surface area contributed by atoms with Crippen molar-refractivity contribution in [3.63, 3.8) is 0 Å². The second kappa shape index (κ2) is 5.92. The molecule has 0 aromatic heterocycles. The molecular formula is C16H19NO3. The number of carbonyl (C=O) groups is 1. The lowest BCUT2D eigenvalue weighted by molar-refractivity contribution is -0.149. The Hall–Kier alpha value is -2.07. The minimum atomic E-state index is -1.27. The highest BCUT2D eigenvalue weighted by Crippen LogP contribution is 2.28. The van der Waals surface area contributed by atoms with Crippen LogP contribution in [-0.4, -0.2) is 42.8 Å². The van der Waals surface area contributed by atoms with E-state index < -0.39 is 12.1 Å². The summed E-state index contributed by atoms with van der Waals surface area (Å²) < 4.78 is 4.64. The molecule has 0 saturated heterocycles. The summed E-state index contributed by atoms with van der Waals surface area (Å²) in [6.45, 7) is 2.67. The van der Waals surface area contributed by atoms with E-state index in [2.05, 4.69) is 4.74 Å². The molecule has 1 aromatic carbocycles. The van der Waals surface area contributed by atoms with Gasteiger partial charge in [-0.1, -0.05) is 42.0 Å². The summed E-state index contributed by atoms with van der Waals surface area (Å²) in [5, 5.41) is 10.2. The lowest BCUT2D eigenvalue weighted by atomic mass is 9.96. The average molecular weight is 273 g/mol. The topological polar surface area (TPSA) is 49.8 Å². The van der Waals surface area contributed by atoms with E-state index >= 15 is 0 Å². The number of hydrogen-bond acceptors (Lipinski definition) is 4. The normalized spacial score (nSPS) is 16.3. The van der Waals surface area contributed by atoms with Gasteiger partial charge in [-0.15, -0.1) is 0 Å². The molecule has 1 atom stereocenters. The van der Waals surface area contributed by atoms with E-state index in [0.717, 1.165) is 16.7 Å². The van der Waals surface area contributed by atoms with Crippen LogP contribution in [0.4, 0.5) is 0 Å². The molecule has 0 fully saturated rings. The van der Waals surface area contributed by atoms with Crippen LogP contribution in [0.3, 0.4) is 0 Å². The van der Waals surface area contributed by atoms with E-state index in [1.54, 1.807) is 0 Å². The van der Waals surface area contributed by atoms with E-state index in [-0.39, 0.29) is 0 Å². The molecule has 0 saturated carbocycles. The number of aryl methyl sites for hydroxylation is 1. The number of rotatable bonds is 3. The van der Waals surface area contributed by atoms with Crippen molar-refractivity contribution in [3.8, 4) is 0 Å². The SMILES string of the molecule is COC(=O)C(O)C1=C(c2ccc(C)cc2)C=CCN1C. The van der Waals surface area contributed by atoms with Gasteiger partial charge in [-0.05, 0) is 12.5 Å². The zero-order valence-electron chi connectivity index (χ0n) is 12.0. The maximum absolute atomic E-state index is 11.6. The third-order valence-corrected chi connectivity index (χ3v) is 3.40. The van der Waals surface area contributed by atoms with Crippen molar-refractivity contribution in [1.29, 1.82) is 0 Å². The Morgan fingerprint density at radius 2 is 2.00 bits per heavy atom. The zero-order chi connectivity index (χ0) is 14.7. The third kappa shape index (κ3) is 2.75. The van der Waals surface area contributed by atoms with Gasteiger partial charge in [0, 0.05) is 19.2 Å². The molecule has 1 aromatic rings. The van der Waals surface area contributed by atoms with Gasteiger partial charge in [-0.2, -0.15) is 0 Å². The van der Waals surface area contributed by atoms with Gasteiger partial charge in [0.2, 0.25) is 0 Å². The van der Waals surface area contributed by atoms with Gasteiger partial charge in [-0.25, -0.2) is 4.79 Å². The Balaban J connectivity index is 2.50. The van der Waals surface area contributed by atoms with Gasteiger partial charge in [0.15, 0.2) is 6.10 Å². The van der Waals surface area contributed by atoms with Crippen molar-refractivity contribution in [2.75, 3.05) is 20.7 Å². The zero-order valence-corrected chi connectivity index (χ0v) is 12.0. The Morgan fingerprint density at radius 1 is 1.35 bits per heavy atom. The van der Waals surface area contributed by atoms with Crippen LogP contribution in [0.25, 0.3) is 5.57 Å². The third-order valence-electron chi connectivity index (χ3n) is 3.40. The highest BCUT2D eigenvalue weighted by atomic mass is 16.5. The molecule has 0 aliphatic carbocycles. The first-order chi connectivity index (χ1) is 9.54. The molecule has 0 radical (unpaired) electrons. The monoisotopic (exact) mass is 273 g/mol. The first-order valence-corrected chi connectivity index (χ1v) is 6.49. The van der Waals surface area contributed by atoms with Crippen molar-refractivity contribution < 1.29 is 14.6 Å². The molecule has 0 amide bonds. The Bertz CT molecular complexity index is 558. The minimum absolute atomic E-state index is 0.572. The lowest BCUT2D eigenvalue weighted by Gasteiger charge is -2.29. The predicted molar refractivity (Wildman–Crippen MR) is 77.9 cm³/mol. The van der Waals surface area contributed by atoms with Crippen LogP contribution in [0.5, 0.6) is 0 Å². The first-order valence-electron chi connectivity index (χ1n) is 6.49. The van der Waals surface area contributed by atoms with E-state index in [0.29, 0.717) is 12.2 Å². The number of benzene rings is 1. The van der Waals surface area contributed by atoms with Crippen molar-refractivity contribution >= 4 is 11.5 Å². The van der Waals surface area contributed by atoms with Crippen LogP contribution in [0, 0.1) is 6.92 Å². The van der Waals surface area contributed by atoms with Crippen LogP contribution in [0.2, 0.25) is 0 Å². The fourth-order valence-corrected chi connectivity index (χ4v) is 2.27. The average Bonchev–Trinajstić information content (AvgIpc) is 2.46. The first kappa shape index (κ1) is 14.3. The second-order valence-electron chi connectivity index (χ2n) is 4.87. The number of allylic oxidation sites excluding steroid dienone is 2. The van der Waals surface area contributed by atoms with Gasteiger partial charge >= 0.3 is 5.97 Å². The summed E-state index contributed by atoms with van der Waals surface area (Å²) in [7, 11) is 3.12. The molecule has 1 N–H and O–H groups in total. The molecule has 0 bridgehead atoms. The molecule has 1 heterocycles. The van der Waals surface area contributed by atoms with Crippen molar-refractivity contribution in [2.24, 2.45) is 0 Å². The quantitative estimate of drug-likeness (QED) is 0.852. The maximum Gasteiger partial charge on any atom is 0.340 e. The van der Waals surface area contributed by atoms with Crippen LogP contribution in [-0.2, 0) is 9.53 Å². The Morgan fingerprint density at radius 3 is 2.60 bits per heavy atom. The summed E-state index contributed by atoms with van der Waals surface area (Å²) in [6, 6.07) is 7.98. The summed E-state index contributed by atoms with van der Waals surface area (Å²) in [6.07, 6.45) is 2.67. The molecule has 0 spiro atoms. The van der Waals surface area contributed by atoms with Gasteiger partial charge in [0.1, 0.15) is 0 Å². The molecule has 2 rings (SSSR count). The van der Waals surface area contributed by atoms with Crippen molar-refractivity contribution in [2.45, 2.75) is 13.0 Å². The summed E-state index contributed by atoms with van der Waals surface area (Å²) in [5.74, 6) is -0.647. The molecule has 20 heavy (non-hydrogen) atoms. The van der Waals surface area contributed by atoms with Crippen LogP contribution >= 0.6 is 0 Å². The number of nitrogens with zero attached hydrogens (tertiary/aromatic N) is 1. The smallest absolute Gasteiger partial charge is 0.340 e. The molecule has 1 aliphatic heterocycles. The summed E-state index contributed by atoms with van der Waals surface area (Å²) in [5.41, 5.74) is 3.55. The Labute approximate surface area is 119 Å². The van der Waals surface area contributed by atoms with Gasteiger partial charge in [-0.3, -0.25) is 0 Å². The molecule has 106 valence electrons. The van der Waals surface area contributed by atoms with Crippen molar-refractivity contribution in [3.05, 3.63) is 53.2 Å². The van der Waals surface area contributed by atoms with Crippen molar-refractivity contribution in [1.82, 2.24) is 4.90 Å². The van der Waals surface area contributed by atoms with E-state index in [1.165, 1.54) is 7.11 Å². The van der Waals surface area contributed by atoms with E-state index in [4.69, 9.17) is 0 Å². The van der Waals surface area contributed by atoms with Crippen LogP contribution in [0.1, 0.15) is 11.1 Å². The predicted octanol–water partition coefficient (Wildman–Crippen LogP) is 1.74. The molecule has 1 unspecified atom stereocenters. The highest BCUT2D eigenvalue weighted by Gasteiger charge is 2.28. The number of carbonyl (C=O) groups excluding carboxylic acids is 1. The second-order valence-corrected chi connectivity index (χ2v) is 4.87. The summed E-state index contributed by atoms with van der Waals surface area (Å²) in [4.78, 5) is 13.5. The largest absolute Gasteiger partial charge is 0.467 e. The number of aliphatic hydroxyl groups is 1. The van der Waals surface area contributed by atoms with E-state index in [9.17, 15) is 9.90 Å². The fourth-order valence-electron chi connectivity index (χ4n) is 2.27. The van der Waals surface area contributed by atoms with Gasteiger partial charge in [0.25, 0.3) is 0 Å². The molecular weight excluding hydrogens is 254 g/mol. The maximum atomic E-state index is 11.6. The van der Waals surface area contributed by atoms with Crippen LogP contribution < -0.4 is 0 Å². The minimum Gasteiger partial charge on any atom is -0.467 e. The molecule has 1 aliphatic rings. The molecule has 4 heteroatoms. The Kier molecular flexibility index (Phi) is 4.25. The highest BCUT2D eigenvalue weighted by molar-refractivity contribution is 5.86. The number of likely N-dealkylation sites (N-methyl/N-ethyl adjacent to an activating group) is 1. The number of esters is 1. The summed E-state index contributed by atoms with van der Waals surface area (Å²) >= 11 is 0. The number of aliphatic hydroxyl groups excluding tert-OH is 1. The van der Waals surface area contributed by atoms with Gasteiger partial charge < -0.3 is 14.7 Å². The number of ether oxygens (including phenoxy) is 1. The lowest BCUT2D eigenvalue weighted by Crippen LogP contribution is -2.35. The fraction of sp³-hybridized carbons (Fsp3) is 0.312. The number of hydrogen-bond donors (Lipinski definition) is 1. The standard InChI is InChI=1S/C16H19NO3/c1-11-6-8-12(9-7-11)13-5-4-10-17(2)14(13)15(18)16(19)20-3/h4-9,15,18H,10H2,1-3H3. The van der Waals surface area contributed by atoms with Gasteiger partial charge in [0.05, 0.1) is 12.8 Å². The number of methoxy groups -OCH3 is 1. The molecule has 4 nitrogen and oxygen atoms in total. The van der Waals surface area contributed by atoms with E-state index in [1.807, 2.05) is 55.3 Å². The van der Waals surface area contributed by atoms with Crippen LogP contribution in [0.15, 0.2) is 42.1 Å².